The number of hydrogen-bond donors (Lipinski definition) is 1. The van der Waals surface area contributed by atoms with Crippen LogP contribution in [0.5, 0.6) is 5.75 Å². The van der Waals surface area contributed by atoms with Crippen LogP contribution in [0.15, 0.2) is 47.5 Å². The number of rotatable bonds is 2. The fourth-order valence-electron chi connectivity index (χ4n) is 1.45. The predicted octanol–water partition coefficient (Wildman–Crippen LogP) is 4.10. The minimum atomic E-state index is 0.230. The van der Waals surface area contributed by atoms with E-state index in [1.54, 1.807) is 24.4 Å². The number of phenols is 1. The maximum Gasteiger partial charge on any atom is 0.124 e. The quantitative estimate of drug-likeness (QED) is 0.794. The summed E-state index contributed by atoms with van der Waals surface area (Å²) >= 11 is 5.78. The van der Waals surface area contributed by atoms with Crippen molar-refractivity contribution in [3.05, 3.63) is 58.6 Å². The van der Waals surface area contributed by atoms with Crippen molar-refractivity contribution in [2.24, 2.45) is 4.99 Å². The van der Waals surface area contributed by atoms with Crippen molar-refractivity contribution >= 4 is 23.5 Å². The molecule has 2 rings (SSSR count). The molecule has 0 aliphatic rings. The van der Waals surface area contributed by atoms with Gasteiger partial charge in [-0.05, 0) is 43.3 Å². The lowest BCUT2D eigenvalue weighted by molar-refractivity contribution is 0.474. The third-order valence-electron chi connectivity index (χ3n) is 2.36. The van der Waals surface area contributed by atoms with E-state index in [9.17, 15) is 5.11 Å². The molecule has 0 aliphatic carbocycles. The van der Waals surface area contributed by atoms with E-state index < -0.39 is 0 Å². The predicted molar refractivity (Wildman–Crippen MR) is 71.5 cm³/mol. The molecule has 3 heteroatoms. The normalized spacial score (nSPS) is 10.9. The molecular weight excluding hydrogens is 234 g/mol. The van der Waals surface area contributed by atoms with Crippen molar-refractivity contribution in [1.29, 1.82) is 0 Å². The zero-order valence-electron chi connectivity index (χ0n) is 9.39. The standard InChI is InChI=1S/C14H12ClNO/c1-10-2-7-14(17)11(8-10)9-16-13-5-3-12(15)4-6-13/h2-9,17H,1H3. The van der Waals surface area contributed by atoms with Crippen LogP contribution in [0, 0.1) is 6.92 Å². The summed E-state index contributed by atoms with van der Waals surface area (Å²) in [5, 5.41) is 10.3. The van der Waals surface area contributed by atoms with E-state index in [0.29, 0.717) is 10.6 Å². The van der Waals surface area contributed by atoms with Crippen LogP contribution in [0.1, 0.15) is 11.1 Å². The Hall–Kier alpha value is -1.80. The van der Waals surface area contributed by atoms with E-state index >= 15 is 0 Å². The summed E-state index contributed by atoms with van der Waals surface area (Å²) in [6.45, 7) is 1.97. The number of nitrogens with zero attached hydrogens (tertiary/aromatic N) is 1. The molecule has 0 heterocycles. The van der Waals surface area contributed by atoms with Crippen LogP contribution in [0.25, 0.3) is 0 Å². The number of aromatic hydroxyl groups is 1. The van der Waals surface area contributed by atoms with Crippen molar-refractivity contribution in [3.8, 4) is 5.75 Å². The second-order valence-corrected chi connectivity index (χ2v) is 4.23. The van der Waals surface area contributed by atoms with Crippen LogP contribution in [0.3, 0.4) is 0 Å². The molecule has 2 nitrogen and oxygen atoms in total. The smallest absolute Gasteiger partial charge is 0.124 e. The van der Waals surface area contributed by atoms with Crippen molar-refractivity contribution in [2.45, 2.75) is 6.92 Å². The van der Waals surface area contributed by atoms with E-state index in [1.165, 1.54) is 0 Å². The van der Waals surface area contributed by atoms with E-state index in [-0.39, 0.29) is 5.75 Å². The number of hydrogen-bond acceptors (Lipinski definition) is 2. The summed E-state index contributed by atoms with van der Waals surface area (Å²) in [6, 6.07) is 12.6. The van der Waals surface area contributed by atoms with Crippen LogP contribution in [-0.4, -0.2) is 11.3 Å². The van der Waals surface area contributed by atoms with Gasteiger partial charge >= 0.3 is 0 Å². The lowest BCUT2D eigenvalue weighted by atomic mass is 10.1. The van der Waals surface area contributed by atoms with E-state index in [4.69, 9.17) is 11.6 Å². The Morgan fingerprint density at radius 1 is 1.12 bits per heavy atom. The van der Waals surface area contributed by atoms with E-state index in [1.807, 2.05) is 31.2 Å². The lowest BCUT2D eigenvalue weighted by Crippen LogP contribution is -1.83. The van der Waals surface area contributed by atoms with Gasteiger partial charge in [-0.3, -0.25) is 4.99 Å². The SMILES string of the molecule is Cc1ccc(O)c(C=Nc2ccc(Cl)cc2)c1. The largest absolute Gasteiger partial charge is 0.507 e. The van der Waals surface area contributed by atoms with Gasteiger partial charge in [-0.25, -0.2) is 0 Å². The van der Waals surface area contributed by atoms with Crippen molar-refractivity contribution in [2.75, 3.05) is 0 Å². The van der Waals surface area contributed by atoms with Crippen molar-refractivity contribution < 1.29 is 5.11 Å². The average Bonchev–Trinajstić information content (AvgIpc) is 2.32. The zero-order valence-corrected chi connectivity index (χ0v) is 10.1. The Kier molecular flexibility index (Phi) is 3.45. The van der Waals surface area contributed by atoms with Gasteiger partial charge in [0.15, 0.2) is 0 Å². The van der Waals surface area contributed by atoms with Crippen LogP contribution in [-0.2, 0) is 0 Å². The molecule has 1 N–H and O–H groups in total. The molecule has 86 valence electrons. The maximum atomic E-state index is 9.64. The van der Waals surface area contributed by atoms with Gasteiger partial charge in [0.1, 0.15) is 5.75 Å². The third-order valence-corrected chi connectivity index (χ3v) is 2.61. The highest BCUT2D eigenvalue weighted by Gasteiger charge is 1.97. The Morgan fingerprint density at radius 3 is 2.53 bits per heavy atom. The molecule has 0 radical (unpaired) electrons. The Labute approximate surface area is 105 Å². The molecule has 0 saturated carbocycles. The van der Waals surface area contributed by atoms with Gasteiger partial charge in [-0.1, -0.05) is 23.2 Å². The molecule has 0 saturated heterocycles. The van der Waals surface area contributed by atoms with Gasteiger partial charge in [0.25, 0.3) is 0 Å². The first kappa shape index (κ1) is 11.7. The molecular formula is C14H12ClNO. The Balaban J connectivity index is 2.25. The first-order valence-electron chi connectivity index (χ1n) is 5.24. The topological polar surface area (TPSA) is 32.6 Å². The summed E-state index contributed by atoms with van der Waals surface area (Å²) in [5.74, 6) is 0.230. The lowest BCUT2D eigenvalue weighted by Gasteiger charge is -2.00. The highest BCUT2D eigenvalue weighted by Crippen LogP contribution is 2.19. The fraction of sp³-hybridized carbons (Fsp3) is 0.0714. The highest BCUT2D eigenvalue weighted by molar-refractivity contribution is 6.30. The Bertz CT molecular complexity index is 547. The minimum Gasteiger partial charge on any atom is -0.507 e. The maximum absolute atomic E-state index is 9.64. The van der Waals surface area contributed by atoms with E-state index in [2.05, 4.69) is 4.99 Å². The van der Waals surface area contributed by atoms with Crippen LogP contribution in [0.2, 0.25) is 5.02 Å². The molecule has 0 spiro atoms. The van der Waals surface area contributed by atoms with Gasteiger partial charge in [0.05, 0.1) is 5.69 Å². The summed E-state index contributed by atoms with van der Waals surface area (Å²) in [6.07, 6.45) is 1.64. The summed E-state index contributed by atoms with van der Waals surface area (Å²) in [7, 11) is 0. The first-order valence-corrected chi connectivity index (χ1v) is 5.62. The molecule has 2 aromatic carbocycles. The second kappa shape index (κ2) is 5.02. The molecule has 0 fully saturated rings. The minimum absolute atomic E-state index is 0.230. The third kappa shape index (κ3) is 3.08. The van der Waals surface area contributed by atoms with Crippen LogP contribution in [0.4, 0.5) is 5.69 Å². The van der Waals surface area contributed by atoms with E-state index in [0.717, 1.165) is 11.3 Å². The molecule has 0 bridgehead atoms. The molecule has 2 aromatic rings. The van der Waals surface area contributed by atoms with Gasteiger partial charge in [0.2, 0.25) is 0 Å². The number of benzene rings is 2. The molecule has 0 atom stereocenters. The summed E-state index contributed by atoms with van der Waals surface area (Å²) in [5.41, 5.74) is 2.59. The molecule has 0 amide bonds. The first-order chi connectivity index (χ1) is 8.15. The van der Waals surface area contributed by atoms with Crippen molar-refractivity contribution in [1.82, 2.24) is 0 Å². The summed E-state index contributed by atoms with van der Waals surface area (Å²) in [4.78, 5) is 4.28. The number of halogens is 1. The molecule has 0 aliphatic heterocycles. The molecule has 0 unspecified atom stereocenters. The van der Waals surface area contributed by atoms with Gasteiger partial charge < -0.3 is 5.11 Å². The monoisotopic (exact) mass is 245 g/mol. The van der Waals surface area contributed by atoms with Gasteiger partial charge in [-0.15, -0.1) is 0 Å². The van der Waals surface area contributed by atoms with Crippen molar-refractivity contribution in [3.63, 3.8) is 0 Å². The fourth-order valence-corrected chi connectivity index (χ4v) is 1.57. The summed E-state index contributed by atoms with van der Waals surface area (Å²) < 4.78 is 0. The average molecular weight is 246 g/mol. The highest BCUT2D eigenvalue weighted by atomic mass is 35.5. The molecule has 17 heavy (non-hydrogen) atoms. The van der Waals surface area contributed by atoms with Gasteiger partial charge in [-0.2, -0.15) is 0 Å². The van der Waals surface area contributed by atoms with Crippen LogP contribution >= 0.6 is 11.6 Å². The zero-order chi connectivity index (χ0) is 12.3. The van der Waals surface area contributed by atoms with Crippen LogP contribution < -0.4 is 0 Å². The number of aryl methyl sites for hydroxylation is 1. The molecule has 0 aromatic heterocycles. The number of phenolic OH excluding ortho intramolecular Hbond substituents is 1. The van der Waals surface area contributed by atoms with Gasteiger partial charge in [0, 0.05) is 16.8 Å². The number of aliphatic imine (C=N–C) groups is 1. The second-order valence-electron chi connectivity index (χ2n) is 3.80. The Morgan fingerprint density at radius 2 is 1.82 bits per heavy atom.